The van der Waals surface area contributed by atoms with Crippen LogP contribution in [0.2, 0.25) is 0 Å². The van der Waals surface area contributed by atoms with Crippen molar-refractivity contribution in [1.29, 1.82) is 0 Å². The summed E-state index contributed by atoms with van der Waals surface area (Å²) in [5, 5.41) is 11.4. The van der Waals surface area contributed by atoms with Crippen molar-refractivity contribution in [3.8, 4) is 5.75 Å². The highest BCUT2D eigenvalue weighted by Crippen LogP contribution is 2.54. The Morgan fingerprint density at radius 1 is 1.07 bits per heavy atom. The fourth-order valence-corrected chi connectivity index (χ4v) is 6.82. The molecule has 4 heterocycles. The first-order chi connectivity index (χ1) is 20.0. The Labute approximate surface area is 244 Å². The van der Waals surface area contributed by atoms with Gasteiger partial charge in [0.25, 0.3) is 11.8 Å². The lowest BCUT2D eigenvalue weighted by atomic mass is 9.93. The maximum Gasteiger partial charge on any atom is 0.274 e. The summed E-state index contributed by atoms with van der Waals surface area (Å²) in [5.41, 5.74) is 2.94. The minimum absolute atomic E-state index is 0.119. The number of amides is 1. The highest BCUT2D eigenvalue weighted by Gasteiger charge is 2.44. The predicted molar refractivity (Wildman–Crippen MR) is 156 cm³/mol. The van der Waals surface area contributed by atoms with Crippen LogP contribution in [0.4, 0.5) is 31.7 Å². The van der Waals surface area contributed by atoms with E-state index in [-0.39, 0.29) is 31.6 Å². The van der Waals surface area contributed by atoms with Crippen LogP contribution in [0.1, 0.15) is 61.5 Å². The van der Waals surface area contributed by atoms with E-state index < -0.39 is 33.7 Å². The number of alkyl halides is 2. The van der Waals surface area contributed by atoms with Crippen LogP contribution in [0.3, 0.4) is 0 Å². The number of fused-ring (bicyclic) bond motifs is 1. The van der Waals surface area contributed by atoms with Gasteiger partial charge in [-0.25, -0.2) is 22.2 Å². The minimum atomic E-state index is -3.81. The lowest BCUT2D eigenvalue weighted by molar-refractivity contribution is -0.0222. The van der Waals surface area contributed by atoms with Crippen molar-refractivity contribution in [2.24, 2.45) is 5.41 Å². The Kier molecular flexibility index (Phi) is 7.45. The molecule has 0 bridgehead atoms. The molecule has 42 heavy (non-hydrogen) atoms. The first-order valence-electron chi connectivity index (χ1n) is 14.6. The number of anilines is 4. The standard InChI is InChI=1S/C29H37F2N5O5S/c1-19(18-37)42(39,40)34-21-2-3-22(24(17-21)35-11-7-28(5-6-28)8-12-35)33-27(38)23-16-20-4-15-41-25(20)26(32-23)36-13-9-29(30,31)10-14-36/h2-3,16-17,19,34,37H,4-15,18H2,1H3,(H,33,38)/t19-/m0/s1. The molecule has 228 valence electrons. The number of carbonyl (C=O) groups is 1. The van der Waals surface area contributed by atoms with Crippen molar-refractivity contribution >= 4 is 38.8 Å². The summed E-state index contributed by atoms with van der Waals surface area (Å²) in [6, 6.07) is 6.65. The maximum absolute atomic E-state index is 13.8. The van der Waals surface area contributed by atoms with Crippen LogP contribution < -0.4 is 24.6 Å². The lowest BCUT2D eigenvalue weighted by Gasteiger charge is -2.35. The van der Waals surface area contributed by atoms with Crippen LogP contribution >= 0.6 is 0 Å². The summed E-state index contributed by atoms with van der Waals surface area (Å²) < 4.78 is 61.3. The van der Waals surface area contributed by atoms with Crippen LogP contribution in [-0.4, -0.2) is 75.0 Å². The molecule has 3 fully saturated rings. The lowest BCUT2D eigenvalue weighted by Crippen LogP contribution is -2.40. The monoisotopic (exact) mass is 605 g/mol. The molecule has 3 aliphatic heterocycles. The topological polar surface area (TPSA) is 124 Å². The second-order valence-corrected chi connectivity index (χ2v) is 14.2. The van der Waals surface area contributed by atoms with Gasteiger partial charge in [0.15, 0.2) is 11.6 Å². The highest BCUT2D eigenvalue weighted by atomic mass is 32.2. The number of benzene rings is 1. The number of halogens is 2. The predicted octanol–water partition coefficient (Wildman–Crippen LogP) is 4.01. The molecule has 2 saturated heterocycles. The Balaban J connectivity index is 1.28. The summed E-state index contributed by atoms with van der Waals surface area (Å²) in [7, 11) is -3.81. The van der Waals surface area contributed by atoms with Crippen molar-refractivity contribution in [3.05, 3.63) is 35.5 Å². The van der Waals surface area contributed by atoms with Crippen molar-refractivity contribution in [3.63, 3.8) is 0 Å². The van der Waals surface area contributed by atoms with Gasteiger partial charge in [-0.15, -0.1) is 0 Å². The Morgan fingerprint density at radius 3 is 2.43 bits per heavy atom. The normalized spacial score (nSPS) is 21.4. The number of ether oxygens (including phenoxy) is 1. The highest BCUT2D eigenvalue weighted by molar-refractivity contribution is 7.93. The van der Waals surface area contributed by atoms with Gasteiger partial charge < -0.3 is 25.0 Å². The average Bonchev–Trinajstić information content (AvgIpc) is 3.53. The summed E-state index contributed by atoms with van der Waals surface area (Å²) in [6.07, 6.45) is 4.55. The molecule has 1 aliphatic carbocycles. The summed E-state index contributed by atoms with van der Waals surface area (Å²) in [6.45, 7) is 3.16. The molecule has 6 rings (SSSR count). The first-order valence-corrected chi connectivity index (χ1v) is 16.1. The molecule has 3 N–H and O–H groups in total. The first kappa shape index (κ1) is 28.9. The zero-order valence-electron chi connectivity index (χ0n) is 23.7. The second-order valence-electron chi connectivity index (χ2n) is 12.1. The molecule has 10 nitrogen and oxygen atoms in total. The van der Waals surface area contributed by atoms with Gasteiger partial charge in [-0.3, -0.25) is 9.52 Å². The molecule has 4 aliphatic rings. The number of nitrogens with zero attached hydrogens (tertiary/aromatic N) is 3. The van der Waals surface area contributed by atoms with E-state index in [0.29, 0.717) is 47.1 Å². The number of hydrogen-bond acceptors (Lipinski definition) is 8. The van der Waals surface area contributed by atoms with Gasteiger partial charge in [0, 0.05) is 51.0 Å². The molecule has 13 heteroatoms. The molecule has 1 saturated carbocycles. The second kappa shape index (κ2) is 10.8. The number of aromatic nitrogens is 1. The zero-order valence-corrected chi connectivity index (χ0v) is 24.5. The average molecular weight is 606 g/mol. The number of piperidine rings is 2. The number of pyridine rings is 1. The number of aliphatic hydroxyl groups is 1. The molecule has 0 unspecified atom stereocenters. The SMILES string of the molecule is C[C@@H](CO)S(=O)(=O)Nc1ccc(NC(=O)c2cc3c(c(N4CCC(F)(F)CC4)n2)OCC3)c(N2CCC3(CC2)CC3)c1. The number of rotatable bonds is 8. The van der Waals surface area contributed by atoms with Crippen molar-refractivity contribution in [2.45, 2.75) is 63.0 Å². The van der Waals surface area contributed by atoms with E-state index in [0.717, 1.165) is 31.5 Å². The Morgan fingerprint density at radius 2 is 1.76 bits per heavy atom. The zero-order chi connectivity index (χ0) is 29.7. The Bertz CT molecular complexity index is 1460. The number of hydrogen-bond donors (Lipinski definition) is 3. The van der Waals surface area contributed by atoms with Gasteiger partial charge in [0.1, 0.15) is 10.9 Å². The van der Waals surface area contributed by atoms with Crippen molar-refractivity contribution in [1.82, 2.24) is 4.98 Å². The van der Waals surface area contributed by atoms with E-state index in [4.69, 9.17) is 4.74 Å². The molecule has 1 spiro atoms. The fourth-order valence-electron chi connectivity index (χ4n) is 5.96. The summed E-state index contributed by atoms with van der Waals surface area (Å²) in [4.78, 5) is 22.1. The molecule has 0 radical (unpaired) electrons. The van der Waals surface area contributed by atoms with Crippen LogP contribution in [-0.2, 0) is 16.4 Å². The van der Waals surface area contributed by atoms with E-state index in [1.807, 2.05) is 0 Å². The quantitative estimate of drug-likeness (QED) is 0.413. The largest absolute Gasteiger partial charge is 0.489 e. The summed E-state index contributed by atoms with van der Waals surface area (Å²) >= 11 is 0. The molecular formula is C29H37F2N5O5S. The minimum Gasteiger partial charge on any atom is -0.489 e. The number of carbonyl (C=O) groups excluding carboxylic acids is 1. The third-order valence-corrected chi connectivity index (χ3v) is 10.8. The van der Waals surface area contributed by atoms with Crippen LogP contribution in [0.5, 0.6) is 5.75 Å². The number of aliphatic hydroxyl groups excluding tert-OH is 1. The van der Waals surface area contributed by atoms with Crippen LogP contribution in [0.15, 0.2) is 24.3 Å². The van der Waals surface area contributed by atoms with E-state index >= 15 is 0 Å². The van der Waals surface area contributed by atoms with Gasteiger partial charge in [0.05, 0.1) is 30.3 Å². The molecule has 1 atom stereocenters. The van der Waals surface area contributed by atoms with Gasteiger partial charge in [-0.2, -0.15) is 0 Å². The van der Waals surface area contributed by atoms with E-state index in [9.17, 15) is 27.1 Å². The smallest absolute Gasteiger partial charge is 0.274 e. The molecule has 1 aromatic heterocycles. The number of sulfonamides is 1. The van der Waals surface area contributed by atoms with Crippen molar-refractivity contribution in [2.75, 3.05) is 59.2 Å². The maximum atomic E-state index is 13.8. The van der Waals surface area contributed by atoms with Crippen molar-refractivity contribution < 1.29 is 31.8 Å². The fraction of sp³-hybridized carbons (Fsp3) is 0.586. The molecule has 1 aromatic carbocycles. The molecule has 1 amide bonds. The van der Waals surface area contributed by atoms with E-state index in [1.54, 1.807) is 29.2 Å². The van der Waals surface area contributed by atoms with Gasteiger partial charge in [-0.1, -0.05) is 0 Å². The molecular weight excluding hydrogens is 568 g/mol. The Hall–Kier alpha value is -3.19. The van der Waals surface area contributed by atoms with E-state index in [2.05, 4.69) is 19.9 Å². The van der Waals surface area contributed by atoms with Crippen LogP contribution in [0, 0.1) is 5.41 Å². The third kappa shape index (κ3) is 5.85. The van der Waals surface area contributed by atoms with Gasteiger partial charge in [-0.05, 0) is 62.3 Å². The third-order valence-electron chi connectivity index (χ3n) is 9.09. The van der Waals surface area contributed by atoms with Gasteiger partial charge >= 0.3 is 0 Å². The summed E-state index contributed by atoms with van der Waals surface area (Å²) in [5.74, 6) is -2.20. The number of nitrogens with one attached hydrogen (secondary N) is 2. The van der Waals surface area contributed by atoms with Gasteiger partial charge in [0.2, 0.25) is 10.0 Å². The van der Waals surface area contributed by atoms with Crippen LogP contribution in [0.25, 0.3) is 0 Å². The van der Waals surface area contributed by atoms with E-state index in [1.165, 1.54) is 19.8 Å². The molecule has 2 aromatic rings.